The maximum Gasteiger partial charge on any atom is 0.000516 e. The summed E-state index contributed by atoms with van der Waals surface area (Å²) < 4.78 is 0. The summed E-state index contributed by atoms with van der Waals surface area (Å²) in [5.41, 5.74) is 0.505. The molecule has 0 spiro atoms. The molecule has 0 aliphatic heterocycles. The highest BCUT2D eigenvalue weighted by Gasteiger charge is 2.23. The zero-order valence-corrected chi connectivity index (χ0v) is 10.8. The van der Waals surface area contributed by atoms with Crippen molar-refractivity contribution in [1.29, 1.82) is 0 Å². The van der Waals surface area contributed by atoms with Gasteiger partial charge < -0.3 is 5.32 Å². The Morgan fingerprint density at radius 1 is 1.21 bits per heavy atom. The van der Waals surface area contributed by atoms with E-state index < -0.39 is 0 Å². The minimum Gasteiger partial charge on any atom is -0.316 e. The van der Waals surface area contributed by atoms with Gasteiger partial charge in [0.25, 0.3) is 0 Å². The molecule has 14 heavy (non-hydrogen) atoms. The molecule has 1 nitrogen and oxygen atoms in total. The molecule has 0 heterocycles. The monoisotopic (exact) mass is 199 g/mol. The first-order valence-electron chi connectivity index (χ1n) is 6.28. The molecule has 1 N–H and O–H groups in total. The molecule has 0 saturated heterocycles. The first-order valence-corrected chi connectivity index (χ1v) is 6.28. The lowest BCUT2D eigenvalue weighted by atomic mass is 9.78. The fourth-order valence-corrected chi connectivity index (χ4v) is 1.89. The highest BCUT2D eigenvalue weighted by atomic mass is 14.9. The zero-order valence-electron chi connectivity index (χ0n) is 10.8. The first kappa shape index (κ1) is 14.0. The predicted octanol–water partition coefficient (Wildman–Crippen LogP) is 3.84. The van der Waals surface area contributed by atoms with Gasteiger partial charge in [-0.2, -0.15) is 0 Å². The minimum absolute atomic E-state index is 0.505. The van der Waals surface area contributed by atoms with Crippen molar-refractivity contribution in [1.82, 2.24) is 5.32 Å². The maximum atomic E-state index is 3.56. The Hall–Kier alpha value is -0.0400. The third-order valence-electron chi connectivity index (χ3n) is 3.37. The molecule has 0 aliphatic carbocycles. The Kier molecular flexibility index (Phi) is 7.26. The molecular weight excluding hydrogens is 170 g/mol. The number of hydrogen-bond acceptors (Lipinski definition) is 1. The molecule has 0 aromatic carbocycles. The molecule has 0 aliphatic rings. The van der Waals surface area contributed by atoms with Crippen LogP contribution in [0.1, 0.15) is 60.3 Å². The van der Waals surface area contributed by atoms with E-state index in [0.717, 1.165) is 12.5 Å². The van der Waals surface area contributed by atoms with Gasteiger partial charge in [-0.15, -0.1) is 0 Å². The van der Waals surface area contributed by atoms with Crippen molar-refractivity contribution in [2.75, 3.05) is 13.1 Å². The molecule has 0 bridgehead atoms. The lowest BCUT2D eigenvalue weighted by Gasteiger charge is -2.31. The van der Waals surface area contributed by atoms with Crippen LogP contribution < -0.4 is 5.32 Å². The van der Waals surface area contributed by atoms with E-state index >= 15 is 0 Å². The fraction of sp³-hybridized carbons (Fsp3) is 1.00. The Labute approximate surface area is 90.7 Å². The van der Waals surface area contributed by atoms with Gasteiger partial charge in [0.05, 0.1) is 0 Å². The molecule has 2 unspecified atom stereocenters. The van der Waals surface area contributed by atoms with E-state index in [1.165, 1.54) is 32.2 Å². The van der Waals surface area contributed by atoms with Gasteiger partial charge in [-0.25, -0.2) is 0 Å². The Morgan fingerprint density at radius 3 is 2.29 bits per heavy atom. The molecule has 0 radical (unpaired) electrons. The summed E-state index contributed by atoms with van der Waals surface area (Å²) >= 11 is 0. The maximum absolute atomic E-state index is 3.56. The standard InChI is InChI=1S/C13H29N/c1-6-9-14-11-13(5,8-3)10-12(4)7-2/h12,14H,6-11H2,1-5H3. The van der Waals surface area contributed by atoms with Crippen molar-refractivity contribution >= 4 is 0 Å². The quantitative estimate of drug-likeness (QED) is 0.586. The normalized spacial score (nSPS) is 17.8. The van der Waals surface area contributed by atoms with Crippen LogP contribution in [0.5, 0.6) is 0 Å². The molecule has 0 aromatic heterocycles. The van der Waals surface area contributed by atoms with E-state index in [1.807, 2.05) is 0 Å². The number of hydrogen-bond donors (Lipinski definition) is 1. The van der Waals surface area contributed by atoms with Crippen LogP contribution >= 0.6 is 0 Å². The van der Waals surface area contributed by atoms with Crippen molar-refractivity contribution in [3.8, 4) is 0 Å². The third-order valence-corrected chi connectivity index (χ3v) is 3.37. The lowest BCUT2D eigenvalue weighted by molar-refractivity contribution is 0.225. The lowest BCUT2D eigenvalue weighted by Crippen LogP contribution is -2.33. The van der Waals surface area contributed by atoms with Crippen LogP contribution in [0.2, 0.25) is 0 Å². The molecule has 1 heteroatoms. The average molecular weight is 199 g/mol. The van der Waals surface area contributed by atoms with Crippen LogP contribution in [0, 0.1) is 11.3 Å². The Bertz CT molecular complexity index is 133. The van der Waals surface area contributed by atoms with E-state index in [4.69, 9.17) is 0 Å². The van der Waals surface area contributed by atoms with Gasteiger partial charge in [-0.3, -0.25) is 0 Å². The molecular formula is C13H29N. The van der Waals surface area contributed by atoms with Gasteiger partial charge in [-0.05, 0) is 37.1 Å². The largest absolute Gasteiger partial charge is 0.316 e. The number of nitrogens with one attached hydrogen (secondary N) is 1. The van der Waals surface area contributed by atoms with Gasteiger partial charge >= 0.3 is 0 Å². The van der Waals surface area contributed by atoms with Crippen molar-refractivity contribution in [3.63, 3.8) is 0 Å². The van der Waals surface area contributed by atoms with E-state index in [1.54, 1.807) is 0 Å². The summed E-state index contributed by atoms with van der Waals surface area (Å²) in [4.78, 5) is 0. The second-order valence-corrected chi connectivity index (χ2v) is 5.06. The smallest absolute Gasteiger partial charge is 0.000516 e. The second-order valence-electron chi connectivity index (χ2n) is 5.06. The van der Waals surface area contributed by atoms with Crippen LogP contribution in [0.15, 0.2) is 0 Å². The Morgan fingerprint density at radius 2 is 1.86 bits per heavy atom. The number of rotatable bonds is 8. The van der Waals surface area contributed by atoms with E-state index in [9.17, 15) is 0 Å². The van der Waals surface area contributed by atoms with Crippen molar-refractivity contribution in [2.45, 2.75) is 60.3 Å². The fourth-order valence-electron chi connectivity index (χ4n) is 1.89. The van der Waals surface area contributed by atoms with E-state index in [0.29, 0.717) is 5.41 Å². The van der Waals surface area contributed by atoms with Gasteiger partial charge in [-0.1, -0.05) is 41.0 Å². The molecule has 0 amide bonds. The summed E-state index contributed by atoms with van der Waals surface area (Å²) in [6.07, 6.45) is 5.19. The molecule has 0 aromatic rings. The molecule has 2 atom stereocenters. The predicted molar refractivity (Wildman–Crippen MR) is 65.6 cm³/mol. The van der Waals surface area contributed by atoms with Crippen LogP contribution in [0.4, 0.5) is 0 Å². The average Bonchev–Trinajstić information content (AvgIpc) is 2.18. The van der Waals surface area contributed by atoms with Crippen LogP contribution in [0.3, 0.4) is 0 Å². The SMILES string of the molecule is CCCNCC(C)(CC)CC(C)CC. The first-order chi connectivity index (χ1) is 6.58. The highest BCUT2D eigenvalue weighted by molar-refractivity contribution is 4.77. The summed E-state index contributed by atoms with van der Waals surface area (Å²) in [6, 6.07) is 0. The van der Waals surface area contributed by atoms with Gasteiger partial charge in [0.15, 0.2) is 0 Å². The molecule has 0 rings (SSSR count). The topological polar surface area (TPSA) is 12.0 Å². The molecule has 86 valence electrons. The van der Waals surface area contributed by atoms with E-state index in [-0.39, 0.29) is 0 Å². The highest BCUT2D eigenvalue weighted by Crippen LogP contribution is 2.30. The van der Waals surface area contributed by atoms with Crippen LogP contribution in [-0.4, -0.2) is 13.1 Å². The van der Waals surface area contributed by atoms with Crippen molar-refractivity contribution in [3.05, 3.63) is 0 Å². The molecule has 0 saturated carbocycles. The second kappa shape index (κ2) is 7.28. The molecule has 0 fully saturated rings. The van der Waals surface area contributed by atoms with E-state index in [2.05, 4.69) is 39.9 Å². The third kappa shape index (κ3) is 5.64. The van der Waals surface area contributed by atoms with Crippen LogP contribution in [0.25, 0.3) is 0 Å². The summed E-state index contributed by atoms with van der Waals surface area (Å²) in [6.45, 7) is 14.0. The van der Waals surface area contributed by atoms with Gasteiger partial charge in [0.2, 0.25) is 0 Å². The van der Waals surface area contributed by atoms with Crippen molar-refractivity contribution < 1.29 is 0 Å². The summed E-state index contributed by atoms with van der Waals surface area (Å²) in [5, 5.41) is 3.56. The Balaban J connectivity index is 3.90. The van der Waals surface area contributed by atoms with Crippen LogP contribution in [-0.2, 0) is 0 Å². The van der Waals surface area contributed by atoms with Gasteiger partial charge in [0.1, 0.15) is 0 Å². The minimum atomic E-state index is 0.505. The summed E-state index contributed by atoms with van der Waals surface area (Å²) in [7, 11) is 0. The summed E-state index contributed by atoms with van der Waals surface area (Å²) in [5.74, 6) is 0.864. The zero-order chi connectivity index (χ0) is 11.0. The van der Waals surface area contributed by atoms with Crippen molar-refractivity contribution in [2.24, 2.45) is 11.3 Å². The van der Waals surface area contributed by atoms with Gasteiger partial charge in [0, 0.05) is 6.54 Å².